The number of carbonyl (C=O) groups is 1. The zero-order valence-electron chi connectivity index (χ0n) is 21.4. The first-order valence-corrected chi connectivity index (χ1v) is 11.8. The molecule has 2 atom stereocenters. The number of halogens is 5. The van der Waals surface area contributed by atoms with E-state index in [1.807, 2.05) is 6.07 Å². The van der Waals surface area contributed by atoms with Crippen LogP contribution in [-0.4, -0.2) is 29.4 Å². The van der Waals surface area contributed by atoms with E-state index in [-0.39, 0.29) is 11.4 Å². The second-order valence-electron chi connectivity index (χ2n) is 9.35. The summed E-state index contributed by atoms with van der Waals surface area (Å²) in [5.74, 6) is -1.56. The molecule has 1 aromatic heterocycles. The quantitative estimate of drug-likeness (QED) is 0.310. The molecule has 206 valence electrons. The fourth-order valence-electron chi connectivity index (χ4n) is 3.91. The van der Waals surface area contributed by atoms with Gasteiger partial charge in [-0.25, -0.2) is 13.8 Å². The number of nitrogens with zero attached hydrogens (tertiary/aromatic N) is 2. The smallest absolute Gasteiger partial charge is 0.417 e. The summed E-state index contributed by atoms with van der Waals surface area (Å²) >= 11 is 0. The number of hydrogen-bond acceptors (Lipinski definition) is 5. The Labute approximate surface area is 222 Å². The molecule has 0 aliphatic rings. The molecule has 0 saturated carbocycles. The molecule has 3 rings (SSSR count). The highest BCUT2D eigenvalue weighted by Gasteiger charge is 2.35. The summed E-state index contributed by atoms with van der Waals surface area (Å²) in [6.45, 7) is 3.59. The van der Waals surface area contributed by atoms with Crippen molar-refractivity contribution in [2.75, 3.05) is 6.86 Å². The lowest BCUT2D eigenvalue weighted by atomic mass is 9.85. The highest BCUT2D eigenvalue weighted by atomic mass is 19.4. The Morgan fingerprint density at radius 3 is 2.36 bits per heavy atom. The fourth-order valence-corrected chi connectivity index (χ4v) is 3.91. The Kier molecular flexibility index (Phi) is 9.11. The van der Waals surface area contributed by atoms with Crippen LogP contribution in [0.2, 0.25) is 0 Å². The molecule has 3 aromatic rings. The van der Waals surface area contributed by atoms with Crippen molar-refractivity contribution >= 4 is 5.91 Å². The van der Waals surface area contributed by atoms with Crippen molar-refractivity contribution in [3.63, 3.8) is 0 Å². The van der Waals surface area contributed by atoms with Gasteiger partial charge < -0.3 is 14.8 Å². The average molecular weight is 548 g/mol. The van der Waals surface area contributed by atoms with Gasteiger partial charge in [-0.2, -0.15) is 18.4 Å². The fraction of sp³-hybridized carbons (Fsp3) is 0.321. The minimum absolute atomic E-state index is 0.109. The molecule has 0 spiro atoms. The second-order valence-corrected chi connectivity index (χ2v) is 9.35. The maximum atomic E-state index is 14.3. The van der Waals surface area contributed by atoms with Crippen molar-refractivity contribution in [1.82, 2.24) is 10.3 Å². The third kappa shape index (κ3) is 7.89. The second kappa shape index (κ2) is 12.1. The van der Waals surface area contributed by atoms with Gasteiger partial charge in [0.05, 0.1) is 17.2 Å². The molecule has 0 saturated heterocycles. The van der Waals surface area contributed by atoms with Crippen LogP contribution in [0.1, 0.15) is 48.9 Å². The van der Waals surface area contributed by atoms with E-state index in [4.69, 9.17) is 9.47 Å². The Morgan fingerprint density at radius 2 is 1.79 bits per heavy atom. The SMILES string of the molecule is CC(NC(=O)C(C)(C)Oc1ccc(C(F)(F)F)cn1)[C@@H](Cc1ccc(OCF)cc1)c1cc(F)cc(C#N)c1. The number of nitrogens with one attached hydrogen (secondary N) is 1. The largest absolute Gasteiger partial charge is 0.463 e. The van der Waals surface area contributed by atoms with Gasteiger partial charge in [0.1, 0.15) is 11.6 Å². The molecule has 39 heavy (non-hydrogen) atoms. The molecule has 0 aliphatic heterocycles. The first-order valence-electron chi connectivity index (χ1n) is 11.8. The number of nitriles is 1. The number of rotatable bonds is 10. The molecule has 0 aliphatic carbocycles. The zero-order valence-corrected chi connectivity index (χ0v) is 21.4. The molecule has 0 radical (unpaired) electrons. The van der Waals surface area contributed by atoms with Crippen LogP contribution in [0.5, 0.6) is 11.6 Å². The molecule has 0 fully saturated rings. The Bertz CT molecular complexity index is 1320. The first-order chi connectivity index (χ1) is 18.3. The van der Waals surface area contributed by atoms with Crippen LogP contribution < -0.4 is 14.8 Å². The van der Waals surface area contributed by atoms with Crippen LogP contribution in [0.4, 0.5) is 22.0 Å². The van der Waals surface area contributed by atoms with Gasteiger partial charge in [0.2, 0.25) is 12.7 Å². The van der Waals surface area contributed by atoms with Crippen molar-refractivity contribution < 1.29 is 36.2 Å². The van der Waals surface area contributed by atoms with Gasteiger partial charge >= 0.3 is 6.18 Å². The lowest BCUT2D eigenvalue weighted by Crippen LogP contribution is -2.51. The van der Waals surface area contributed by atoms with E-state index in [0.29, 0.717) is 23.9 Å². The molecule has 1 amide bonds. The van der Waals surface area contributed by atoms with E-state index in [9.17, 15) is 32.0 Å². The van der Waals surface area contributed by atoms with Crippen molar-refractivity contribution in [2.45, 2.75) is 50.9 Å². The maximum Gasteiger partial charge on any atom is 0.417 e. The van der Waals surface area contributed by atoms with Gasteiger partial charge in [0.15, 0.2) is 5.60 Å². The molecule has 11 heteroatoms. The summed E-state index contributed by atoms with van der Waals surface area (Å²) in [5.41, 5.74) is -1.13. The monoisotopic (exact) mass is 547 g/mol. The average Bonchev–Trinajstić information content (AvgIpc) is 2.87. The number of ether oxygens (including phenoxy) is 2. The van der Waals surface area contributed by atoms with Gasteiger partial charge in [0, 0.05) is 24.2 Å². The lowest BCUT2D eigenvalue weighted by Gasteiger charge is -2.30. The Morgan fingerprint density at radius 1 is 1.10 bits per heavy atom. The molecular formula is C28H26F5N3O3. The highest BCUT2D eigenvalue weighted by Crippen LogP contribution is 2.31. The maximum absolute atomic E-state index is 14.3. The van der Waals surface area contributed by atoms with Gasteiger partial charge in [-0.3, -0.25) is 4.79 Å². The number of amides is 1. The summed E-state index contributed by atoms with van der Waals surface area (Å²) in [4.78, 5) is 16.8. The molecule has 6 nitrogen and oxygen atoms in total. The van der Waals surface area contributed by atoms with Crippen LogP contribution >= 0.6 is 0 Å². The van der Waals surface area contributed by atoms with Crippen LogP contribution in [0.3, 0.4) is 0 Å². The topological polar surface area (TPSA) is 84.2 Å². The van der Waals surface area contributed by atoms with E-state index >= 15 is 0 Å². The zero-order chi connectivity index (χ0) is 28.8. The van der Waals surface area contributed by atoms with E-state index in [2.05, 4.69) is 10.3 Å². The summed E-state index contributed by atoms with van der Waals surface area (Å²) in [5, 5.41) is 12.1. The summed E-state index contributed by atoms with van der Waals surface area (Å²) in [6.07, 6.45) is -3.64. The number of carbonyl (C=O) groups excluding carboxylic acids is 1. The summed E-state index contributed by atoms with van der Waals surface area (Å²) < 4.78 is 75.7. The van der Waals surface area contributed by atoms with Crippen molar-refractivity contribution in [3.8, 4) is 17.7 Å². The summed E-state index contributed by atoms with van der Waals surface area (Å²) in [6, 6.07) is 13.6. The van der Waals surface area contributed by atoms with E-state index in [0.717, 1.165) is 23.8 Å². The van der Waals surface area contributed by atoms with Crippen LogP contribution in [-0.2, 0) is 17.4 Å². The van der Waals surface area contributed by atoms with Crippen molar-refractivity contribution in [2.24, 2.45) is 0 Å². The Hall–Kier alpha value is -4.20. The molecule has 2 aromatic carbocycles. The molecule has 1 heterocycles. The number of aromatic nitrogens is 1. The van der Waals surface area contributed by atoms with Crippen molar-refractivity contribution in [3.05, 3.63) is 88.9 Å². The first kappa shape index (κ1) is 29.4. The molecule has 1 N–H and O–H groups in total. The van der Waals surface area contributed by atoms with E-state index in [1.54, 1.807) is 31.2 Å². The molecule has 0 bridgehead atoms. The Balaban J connectivity index is 1.82. The standard InChI is InChI=1S/C28H26F5N3O3/c1-17(36-26(37)27(2,3)39-25-9-6-21(15-35-25)28(31,32)33)24(20-10-19(14-34)11-22(30)13-20)12-18-4-7-23(8-5-18)38-16-29/h4-11,13,15,17,24H,12,16H2,1-3H3,(H,36,37)/t17?,24-/m1/s1. The molecular weight excluding hydrogens is 521 g/mol. The van der Waals surface area contributed by atoms with E-state index < -0.39 is 47.9 Å². The number of hydrogen-bond donors (Lipinski definition) is 1. The van der Waals surface area contributed by atoms with Crippen LogP contribution in [0.15, 0.2) is 60.8 Å². The third-order valence-electron chi connectivity index (χ3n) is 6.01. The normalized spacial score (nSPS) is 13.2. The summed E-state index contributed by atoms with van der Waals surface area (Å²) in [7, 11) is 0. The number of pyridine rings is 1. The number of alkyl halides is 4. The third-order valence-corrected chi connectivity index (χ3v) is 6.01. The number of benzene rings is 2. The van der Waals surface area contributed by atoms with E-state index in [1.165, 1.54) is 26.0 Å². The predicted molar refractivity (Wildman–Crippen MR) is 132 cm³/mol. The minimum atomic E-state index is -4.56. The van der Waals surface area contributed by atoms with Gasteiger partial charge in [0.25, 0.3) is 5.91 Å². The van der Waals surface area contributed by atoms with Gasteiger partial charge in [-0.15, -0.1) is 0 Å². The van der Waals surface area contributed by atoms with Gasteiger partial charge in [-0.05, 0) is 74.7 Å². The van der Waals surface area contributed by atoms with Gasteiger partial charge in [-0.1, -0.05) is 12.1 Å². The van der Waals surface area contributed by atoms with Crippen LogP contribution in [0, 0.1) is 17.1 Å². The highest BCUT2D eigenvalue weighted by molar-refractivity contribution is 5.85. The van der Waals surface area contributed by atoms with Crippen LogP contribution in [0.25, 0.3) is 0 Å². The lowest BCUT2D eigenvalue weighted by molar-refractivity contribution is -0.138. The van der Waals surface area contributed by atoms with Crippen molar-refractivity contribution in [1.29, 1.82) is 5.26 Å². The molecule has 1 unspecified atom stereocenters. The predicted octanol–water partition coefficient (Wildman–Crippen LogP) is 6.11. The minimum Gasteiger partial charge on any atom is -0.463 e.